The van der Waals surface area contributed by atoms with Crippen LogP contribution >= 0.6 is 0 Å². The molecular formula is C17H27NO. The van der Waals surface area contributed by atoms with Crippen molar-refractivity contribution < 1.29 is 4.74 Å². The molecule has 1 aromatic carbocycles. The quantitative estimate of drug-likeness (QED) is 0.789. The second-order valence-corrected chi connectivity index (χ2v) is 5.61. The average molecular weight is 261 g/mol. The first-order valence-corrected chi connectivity index (χ1v) is 7.70. The highest BCUT2D eigenvalue weighted by atomic mass is 16.5. The molecule has 1 aromatic rings. The number of ether oxygens (including phenoxy) is 1. The van der Waals surface area contributed by atoms with Crippen molar-refractivity contribution in [3.05, 3.63) is 29.8 Å². The summed E-state index contributed by atoms with van der Waals surface area (Å²) in [6.45, 7) is 3.22. The minimum Gasteiger partial charge on any atom is -0.497 e. The number of nitrogens with one attached hydrogen (secondary N) is 1. The Morgan fingerprint density at radius 2 is 1.89 bits per heavy atom. The van der Waals surface area contributed by atoms with Crippen molar-refractivity contribution in [1.29, 1.82) is 0 Å². The molecule has 0 aliphatic heterocycles. The lowest BCUT2D eigenvalue weighted by Crippen LogP contribution is -2.21. The summed E-state index contributed by atoms with van der Waals surface area (Å²) in [5, 5.41) is 3.62. The van der Waals surface area contributed by atoms with Gasteiger partial charge in [-0.05, 0) is 43.0 Å². The monoisotopic (exact) mass is 261 g/mol. The summed E-state index contributed by atoms with van der Waals surface area (Å²) in [5.74, 6) is 1.91. The third kappa shape index (κ3) is 4.24. The molecule has 0 amide bonds. The van der Waals surface area contributed by atoms with E-state index in [2.05, 4.69) is 36.5 Å². The third-order valence-corrected chi connectivity index (χ3v) is 4.31. The molecule has 0 heterocycles. The van der Waals surface area contributed by atoms with Crippen LogP contribution in [0.15, 0.2) is 24.3 Å². The van der Waals surface area contributed by atoms with E-state index in [1.165, 1.54) is 44.1 Å². The largest absolute Gasteiger partial charge is 0.497 e. The van der Waals surface area contributed by atoms with Crippen molar-refractivity contribution in [2.45, 2.75) is 51.5 Å². The Hall–Kier alpha value is -1.02. The zero-order chi connectivity index (χ0) is 13.5. The Morgan fingerprint density at radius 3 is 2.47 bits per heavy atom. The van der Waals surface area contributed by atoms with Crippen LogP contribution in [0.25, 0.3) is 0 Å². The van der Waals surface area contributed by atoms with Gasteiger partial charge in [0.2, 0.25) is 0 Å². The molecule has 1 aliphatic rings. The molecule has 1 aliphatic carbocycles. The molecule has 0 saturated heterocycles. The van der Waals surface area contributed by atoms with Crippen molar-refractivity contribution in [2.24, 2.45) is 5.92 Å². The van der Waals surface area contributed by atoms with Crippen LogP contribution < -0.4 is 10.1 Å². The van der Waals surface area contributed by atoms with Crippen LogP contribution in [-0.4, -0.2) is 13.7 Å². The number of methoxy groups -OCH3 is 1. The molecule has 19 heavy (non-hydrogen) atoms. The van der Waals surface area contributed by atoms with E-state index < -0.39 is 0 Å². The second-order valence-electron chi connectivity index (χ2n) is 5.61. The van der Waals surface area contributed by atoms with Gasteiger partial charge in [0, 0.05) is 6.04 Å². The third-order valence-electron chi connectivity index (χ3n) is 4.31. The van der Waals surface area contributed by atoms with Gasteiger partial charge in [-0.3, -0.25) is 0 Å². The molecule has 1 N–H and O–H groups in total. The Labute approximate surface area is 117 Å². The summed E-state index contributed by atoms with van der Waals surface area (Å²) in [7, 11) is 1.72. The van der Waals surface area contributed by atoms with Crippen molar-refractivity contribution in [2.75, 3.05) is 13.7 Å². The molecule has 1 fully saturated rings. The molecule has 2 rings (SSSR count). The molecule has 0 spiro atoms. The van der Waals surface area contributed by atoms with E-state index in [-0.39, 0.29) is 0 Å². The summed E-state index contributed by atoms with van der Waals surface area (Å²) in [5.41, 5.74) is 1.39. The first kappa shape index (κ1) is 14.4. The zero-order valence-electron chi connectivity index (χ0n) is 12.3. The van der Waals surface area contributed by atoms with Crippen molar-refractivity contribution in [1.82, 2.24) is 5.32 Å². The predicted octanol–water partition coefficient (Wildman–Crippen LogP) is 4.32. The van der Waals surface area contributed by atoms with Crippen LogP contribution in [0.3, 0.4) is 0 Å². The lowest BCUT2D eigenvalue weighted by atomic mass is 9.95. The highest BCUT2D eigenvalue weighted by Gasteiger charge is 2.18. The smallest absolute Gasteiger partial charge is 0.118 e. The van der Waals surface area contributed by atoms with Crippen LogP contribution in [0, 0.1) is 5.92 Å². The minimum absolute atomic E-state index is 0.497. The summed E-state index contributed by atoms with van der Waals surface area (Å²) in [6.07, 6.45) is 8.40. The average Bonchev–Trinajstić information content (AvgIpc) is 2.97. The number of benzene rings is 1. The van der Waals surface area contributed by atoms with Gasteiger partial charge in [-0.15, -0.1) is 0 Å². The Bertz CT molecular complexity index is 354. The fourth-order valence-corrected chi connectivity index (χ4v) is 3.17. The standard InChI is InChI=1S/C17H27NO/c1-3-18-17(13-8-14-6-4-5-7-14)15-9-11-16(19-2)12-10-15/h9-12,14,17-18H,3-8,13H2,1-2H3. The fraction of sp³-hybridized carbons (Fsp3) is 0.647. The van der Waals surface area contributed by atoms with E-state index in [4.69, 9.17) is 4.74 Å². The highest BCUT2D eigenvalue weighted by molar-refractivity contribution is 5.29. The molecule has 0 bridgehead atoms. The van der Waals surface area contributed by atoms with Gasteiger partial charge in [-0.2, -0.15) is 0 Å². The van der Waals surface area contributed by atoms with Crippen LogP contribution in [0.4, 0.5) is 0 Å². The predicted molar refractivity (Wildman–Crippen MR) is 80.6 cm³/mol. The molecule has 1 saturated carbocycles. The van der Waals surface area contributed by atoms with Gasteiger partial charge in [-0.25, -0.2) is 0 Å². The van der Waals surface area contributed by atoms with Crippen LogP contribution in [-0.2, 0) is 0 Å². The lowest BCUT2D eigenvalue weighted by Gasteiger charge is -2.20. The van der Waals surface area contributed by atoms with Gasteiger partial charge in [0.05, 0.1) is 7.11 Å². The van der Waals surface area contributed by atoms with E-state index in [0.29, 0.717) is 6.04 Å². The van der Waals surface area contributed by atoms with Gasteiger partial charge < -0.3 is 10.1 Å². The van der Waals surface area contributed by atoms with Crippen LogP contribution in [0.2, 0.25) is 0 Å². The molecule has 0 radical (unpaired) electrons. The molecule has 1 unspecified atom stereocenters. The van der Waals surface area contributed by atoms with E-state index in [1.807, 2.05) is 0 Å². The van der Waals surface area contributed by atoms with Crippen molar-refractivity contribution >= 4 is 0 Å². The van der Waals surface area contributed by atoms with Crippen molar-refractivity contribution in [3.63, 3.8) is 0 Å². The fourth-order valence-electron chi connectivity index (χ4n) is 3.17. The highest BCUT2D eigenvalue weighted by Crippen LogP contribution is 2.31. The summed E-state index contributed by atoms with van der Waals surface area (Å²) >= 11 is 0. The van der Waals surface area contributed by atoms with Gasteiger partial charge in [0.25, 0.3) is 0 Å². The first-order valence-electron chi connectivity index (χ1n) is 7.70. The van der Waals surface area contributed by atoms with Crippen LogP contribution in [0.1, 0.15) is 57.1 Å². The summed E-state index contributed by atoms with van der Waals surface area (Å²) < 4.78 is 5.23. The van der Waals surface area contributed by atoms with E-state index in [1.54, 1.807) is 7.11 Å². The molecule has 1 atom stereocenters. The van der Waals surface area contributed by atoms with Gasteiger partial charge in [0.15, 0.2) is 0 Å². The molecule has 106 valence electrons. The molecule has 2 nitrogen and oxygen atoms in total. The van der Waals surface area contributed by atoms with E-state index >= 15 is 0 Å². The lowest BCUT2D eigenvalue weighted by molar-refractivity contribution is 0.409. The first-order chi connectivity index (χ1) is 9.33. The SMILES string of the molecule is CCNC(CCC1CCCC1)c1ccc(OC)cc1. The maximum atomic E-state index is 5.23. The Balaban J connectivity index is 1.92. The zero-order valence-corrected chi connectivity index (χ0v) is 12.3. The van der Waals surface area contributed by atoms with Gasteiger partial charge in [0.1, 0.15) is 5.75 Å². The Kier molecular flexibility index (Phi) is 5.71. The normalized spacial score (nSPS) is 17.6. The van der Waals surface area contributed by atoms with Crippen molar-refractivity contribution in [3.8, 4) is 5.75 Å². The maximum Gasteiger partial charge on any atom is 0.118 e. The van der Waals surface area contributed by atoms with Crippen LogP contribution in [0.5, 0.6) is 5.75 Å². The summed E-state index contributed by atoms with van der Waals surface area (Å²) in [4.78, 5) is 0. The van der Waals surface area contributed by atoms with Gasteiger partial charge in [-0.1, -0.05) is 44.7 Å². The number of hydrogen-bond acceptors (Lipinski definition) is 2. The van der Waals surface area contributed by atoms with E-state index in [9.17, 15) is 0 Å². The Morgan fingerprint density at radius 1 is 1.21 bits per heavy atom. The summed E-state index contributed by atoms with van der Waals surface area (Å²) in [6, 6.07) is 9.02. The van der Waals surface area contributed by atoms with Gasteiger partial charge >= 0.3 is 0 Å². The minimum atomic E-state index is 0.497. The maximum absolute atomic E-state index is 5.23. The molecule has 0 aromatic heterocycles. The topological polar surface area (TPSA) is 21.3 Å². The second kappa shape index (κ2) is 7.54. The molecule has 2 heteroatoms. The molecular weight excluding hydrogens is 234 g/mol. The number of hydrogen-bond donors (Lipinski definition) is 1. The number of rotatable bonds is 7. The van der Waals surface area contributed by atoms with E-state index in [0.717, 1.165) is 18.2 Å².